The molecule has 2 aromatic rings. The number of nitrogens with zero attached hydrogens (tertiary/aromatic N) is 1. The van der Waals surface area contributed by atoms with E-state index in [1.54, 1.807) is 0 Å². The molecule has 0 unspecified atom stereocenters. The van der Waals surface area contributed by atoms with E-state index in [0.29, 0.717) is 12.1 Å². The fraction of sp³-hybridized carbons (Fsp3) is 0.316. The Bertz CT molecular complexity index is 681. The van der Waals surface area contributed by atoms with Gasteiger partial charge in [0, 0.05) is 22.2 Å². The Kier molecular flexibility index (Phi) is 5.67. The van der Waals surface area contributed by atoms with Crippen molar-refractivity contribution in [1.29, 1.82) is 0 Å². The first kappa shape index (κ1) is 16.5. The van der Waals surface area contributed by atoms with Gasteiger partial charge in [-0.25, -0.2) is 0 Å². The summed E-state index contributed by atoms with van der Waals surface area (Å²) >= 11 is 2.23. The van der Waals surface area contributed by atoms with Gasteiger partial charge in [0.15, 0.2) is 0 Å². The molecule has 0 aliphatic carbocycles. The van der Waals surface area contributed by atoms with Gasteiger partial charge in [0.05, 0.1) is 0 Å². The summed E-state index contributed by atoms with van der Waals surface area (Å²) in [6, 6.07) is 16.1. The van der Waals surface area contributed by atoms with Crippen molar-refractivity contribution < 1.29 is 4.79 Å². The number of halogens is 1. The molecule has 1 fully saturated rings. The van der Waals surface area contributed by atoms with Gasteiger partial charge in [0.1, 0.15) is 0 Å². The van der Waals surface area contributed by atoms with Crippen LogP contribution < -0.4 is 5.32 Å². The molecule has 1 aliphatic heterocycles. The van der Waals surface area contributed by atoms with Crippen LogP contribution in [-0.2, 0) is 13.1 Å². The van der Waals surface area contributed by atoms with E-state index in [9.17, 15) is 4.79 Å². The van der Waals surface area contributed by atoms with Crippen molar-refractivity contribution in [2.24, 2.45) is 0 Å². The molecule has 0 spiro atoms. The molecule has 1 amide bonds. The van der Waals surface area contributed by atoms with Gasteiger partial charge in [0.25, 0.3) is 5.91 Å². The van der Waals surface area contributed by atoms with Gasteiger partial charge >= 0.3 is 0 Å². The molecule has 1 heterocycles. The first-order valence-electron chi connectivity index (χ1n) is 8.05. The molecule has 3 nitrogen and oxygen atoms in total. The second-order valence-electron chi connectivity index (χ2n) is 5.94. The number of likely N-dealkylation sites (tertiary alicyclic amines) is 1. The highest BCUT2D eigenvalue weighted by Gasteiger charge is 2.14. The van der Waals surface area contributed by atoms with Crippen molar-refractivity contribution in [3.05, 3.63) is 68.8 Å². The molecule has 1 N–H and O–H groups in total. The molecule has 2 aromatic carbocycles. The fourth-order valence-corrected chi connectivity index (χ4v) is 3.52. The van der Waals surface area contributed by atoms with Gasteiger partial charge in [-0.3, -0.25) is 9.69 Å². The quantitative estimate of drug-likeness (QED) is 0.747. The van der Waals surface area contributed by atoms with Crippen LogP contribution in [0.1, 0.15) is 34.3 Å². The number of hydrogen-bond donors (Lipinski definition) is 1. The maximum Gasteiger partial charge on any atom is 0.251 e. The van der Waals surface area contributed by atoms with Gasteiger partial charge in [-0.2, -0.15) is 0 Å². The zero-order valence-corrected chi connectivity index (χ0v) is 15.3. The highest BCUT2D eigenvalue weighted by atomic mass is 127. The highest BCUT2D eigenvalue weighted by Crippen LogP contribution is 2.16. The lowest BCUT2D eigenvalue weighted by Crippen LogP contribution is -2.25. The SMILES string of the molecule is O=C(NCc1ccccc1CN1CCCC1)c1cccc(I)c1. The molecule has 23 heavy (non-hydrogen) atoms. The second kappa shape index (κ2) is 7.93. The molecule has 4 heteroatoms. The average Bonchev–Trinajstić information content (AvgIpc) is 3.07. The van der Waals surface area contributed by atoms with Gasteiger partial charge < -0.3 is 5.32 Å². The lowest BCUT2D eigenvalue weighted by atomic mass is 10.1. The van der Waals surface area contributed by atoms with Crippen LogP contribution in [0.2, 0.25) is 0 Å². The Hall–Kier alpha value is -1.40. The van der Waals surface area contributed by atoms with Crippen molar-refractivity contribution in [3.8, 4) is 0 Å². The van der Waals surface area contributed by atoms with Crippen molar-refractivity contribution in [3.63, 3.8) is 0 Å². The Labute approximate surface area is 151 Å². The minimum Gasteiger partial charge on any atom is -0.348 e. The zero-order valence-electron chi connectivity index (χ0n) is 13.1. The predicted octanol–water partition coefficient (Wildman–Crippen LogP) is 3.82. The average molecular weight is 420 g/mol. The number of carbonyl (C=O) groups excluding carboxylic acids is 1. The molecular formula is C19H21IN2O. The van der Waals surface area contributed by atoms with E-state index < -0.39 is 0 Å². The standard InChI is InChI=1S/C19H21IN2O/c20-18-9-5-8-15(12-18)19(23)21-13-16-6-1-2-7-17(16)14-22-10-3-4-11-22/h1-2,5-9,12H,3-4,10-11,13-14H2,(H,21,23). The molecule has 0 radical (unpaired) electrons. The van der Waals surface area contributed by atoms with Crippen molar-refractivity contribution in [2.45, 2.75) is 25.9 Å². The molecule has 0 aromatic heterocycles. The predicted molar refractivity (Wildman–Crippen MR) is 101 cm³/mol. The van der Waals surface area contributed by atoms with E-state index >= 15 is 0 Å². The zero-order chi connectivity index (χ0) is 16.1. The molecule has 3 rings (SSSR count). The second-order valence-corrected chi connectivity index (χ2v) is 7.19. The number of hydrogen-bond acceptors (Lipinski definition) is 2. The van der Waals surface area contributed by atoms with E-state index in [2.05, 4.69) is 51.0 Å². The van der Waals surface area contributed by atoms with E-state index in [0.717, 1.165) is 10.1 Å². The summed E-state index contributed by atoms with van der Waals surface area (Å²) in [5, 5.41) is 3.05. The largest absolute Gasteiger partial charge is 0.348 e. The lowest BCUT2D eigenvalue weighted by Gasteiger charge is -2.17. The Balaban J connectivity index is 1.64. The molecule has 120 valence electrons. The molecule has 1 aliphatic rings. The summed E-state index contributed by atoms with van der Waals surface area (Å²) in [7, 11) is 0. The molecular weight excluding hydrogens is 399 g/mol. The van der Waals surface area contributed by atoms with E-state index in [4.69, 9.17) is 0 Å². The maximum atomic E-state index is 12.3. The van der Waals surface area contributed by atoms with Crippen LogP contribution in [0.25, 0.3) is 0 Å². The van der Waals surface area contributed by atoms with Crippen LogP contribution in [0.5, 0.6) is 0 Å². The summed E-state index contributed by atoms with van der Waals surface area (Å²) in [5.41, 5.74) is 3.24. The number of amides is 1. The molecule has 0 atom stereocenters. The summed E-state index contributed by atoms with van der Waals surface area (Å²) < 4.78 is 1.07. The first-order chi connectivity index (χ1) is 11.2. The smallest absolute Gasteiger partial charge is 0.251 e. The molecule has 1 saturated heterocycles. The number of carbonyl (C=O) groups is 1. The number of benzene rings is 2. The Morgan fingerprint density at radius 3 is 2.52 bits per heavy atom. The van der Waals surface area contributed by atoms with Gasteiger partial charge in [0.2, 0.25) is 0 Å². The van der Waals surface area contributed by atoms with Crippen molar-refractivity contribution in [2.75, 3.05) is 13.1 Å². The van der Waals surface area contributed by atoms with E-state index in [-0.39, 0.29) is 5.91 Å². The third-order valence-corrected chi connectivity index (χ3v) is 4.91. The molecule has 0 bridgehead atoms. The Morgan fingerprint density at radius 1 is 1.04 bits per heavy atom. The first-order valence-corrected chi connectivity index (χ1v) is 9.13. The topological polar surface area (TPSA) is 32.3 Å². The summed E-state index contributed by atoms with van der Waals surface area (Å²) in [5.74, 6) is -0.0144. The van der Waals surface area contributed by atoms with Gasteiger partial charge in [-0.1, -0.05) is 30.3 Å². The summed E-state index contributed by atoms with van der Waals surface area (Å²) in [6.07, 6.45) is 2.59. The van der Waals surface area contributed by atoms with Crippen LogP contribution in [0, 0.1) is 3.57 Å². The summed E-state index contributed by atoms with van der Waals surface area (Å²) in [6.45, 7) is 3.93. The minimum absolute atomic E-state index is 0.0144. The fourth-order valence-electron chi connectivity index (χ4n) is 2.97. The Morgan fingerprint density at radius 2 is 1.78 bits per heavy atom. The third kappa shape index (κ3) is 4.54. The number of rotatable bonds is 5. The highest BCUT2D eigenvalue weighted by molar-refractivity contribution is 14.1. The van der Waals surface area contributed by atoms with Crippen LogP contribution in [0.15, 0.2) is 48.5 Å². The van der Waals surface area contributed by atoms with E-state index in [1.807, 2.05) is 30.3 Å². The third-order valence-electron chi connectivity index (χ3n) is 4.24. The normalized spacial score (nSPS) is 14.8. The number of nitrogens with one attached hydrogen (secondary N) is 1. The van der Waals surface area contributed by atoms with Crippen LogP contribution in [-0.4, -0.2) is 23.9 Å². The molecule has 0 saturated carbocycles. The lowest BCUT2D eigenvalue weighted by molar-refractivity contribution is 0.0950. The van der Waals surface area contributed by atoms with Crippen molar-refractivity contribution in [1.82, 2.24) is 10.2 Å². The van der Waals surface area contributed by atoms with Crippen LogP contribution in [0.3, 0.4) is 0 Å². The van der Waals surface area contributed by atoms with Gasteiger partial charge in [-0.05, 0) is 77.8 Å². The van der Waals surface area contributed by atoms with Crippen molar-refractivity contribution >= 4 is 28.5 Å². The monoisotopic (exact) mass is 420 g/mol. The van der Waals surface area contributed by atoms with E-state index in [1.165, 1.54) is 37.1 Å². The summed E-state index contributed by atoms with van der Waals surface area (Å²) in [4.78, 5) is 14.8. The van der Waals surface area contributed by atoms with Crippen LogP contribution in [0.4, 0.5) is 0 Å². The minimum atomic E-state index is -0.0144. The van der Waals surface area contributed by atoms with Gasteiger partial charge in [-0.15, -0.1) is 0 Å². The van der Waals surface area contributed by atoms with Crippen LogP contribution >= 0.6 is 22.6 Å². The maximum absolute atomic E-state index is 12.3.